The highest BCUT2D eigenvalue weighted by Gasteiger charge is 2.31. The summed E-state index contributed by atoms with van der Waals surface area (Å²) in [5, 5.41) is 0. The van der Waals surface area contributed by atoms with Crippen LogP contribution in [0.2, 0.25) is 0 Å². The van der Waals surface area contributed by atoms with Gasteiger partial charge in [-0.3, -0.25) is 4.98 Å². The molecule has 1 aromatic heterocycles. The third-order valence-corrected chi connectivity index (χ3v) is 4.85. The van der Waals surface area contributed by atoms with Crippen LogP contribution in [0.5, 0.6) is 5.75 Å². The van der Waals surface area contributed by atoms with Gasteiger partial charge in [0.15, 0.2) is 0 Å². The monoisotopic (exact) mass is 390 g/mol. The molecule has 2 rings (SSSR count). The van der Waals surface area contributed by atoms with Crippen LogP contribution >= 0.6 is 0 Å². The molecule has 0 aliphatic carbocycles. The average Bonchev–Trinajstić information content (AvgIpc) is 2.52. The number of hydrogen-bond donors (Lipinski definition) is 1. The van der Waals surface area contributed by atoms with E-state index < -0.39 is 39.7 Å². The molecule has 4 nitrogen and oxygen atoms in total. The lowest BCUT2D eigenvalue weighted by Crippen LogP contribution is -2.36. The molecule has 1 N–H and O–H groups in total. The first kappa shape index (κ1) is 20.3. The summed E-state index contributed by atoms with van der Waals surface area (Å²) >= 11 is 0. The second-order valence-electron chi connectivity index (χ2n) is 6.42. The van der Waals surface area contributed by atoms with Gasteiger partial charge in [0.2, 0.25) is 0 Å². The molecule has 0 spiro atoms. The molecule has 9 heteroatoms. The summed E-state index contributed by atoms with van der Waals surface area (Å²) in [7, 11) is -1.57. The lowest BCUT2D eigenvalue weighted by atomic mass is 10.0. The second-order valence-corrected chi connectivity index (χ2v) is 8.42. The van der Waals surface area contributed by atoms with Gasteiger partial charge in [0.1, 0.15) is 11.6 Å². The highest BCUT2D eigenvalue weighted by Crippen LogP contribution is 2.28. The van der Waals surface area contributed by atoms with E-state index in [0.717, 1.165) is 12.1 Å². The molecule has 0 unspecified atom stereocenters. The van der Waals surface area contributed by atoms with Crippen molar-refractivity contribution in [2.75, 3.05) is 0 Å². The van der Waals surface area contributed by atoms with E-state index in [-0.39, 0.29) is 5.69 Å². The van der Waals surface area contributed by atoms with Gasteiger partial charge in [0, 0.05) is 6.20 Å². The Balaban J connectivity index is 2.38. The summed E-state index contributed by atoms with van der Waals surface area (Å²) in [6, 6.07) is 6.61. The minimum absolute atomic E-state index is 0.00501. The summed E-state index contributed by atoms with van der Waals surface area (Å²) in [4.78, 5) is 3.99. The van der Waals surface area contributed by atoms with Gasteiger partial charge in [0.25, 0.3) is 0 Å². The van der Waals surface area contributed by atoms with E-state index >= 15 is 0 Å². The molecule has 1 heterocycles. The lowest BCUT2D eigenvalue weighted by Gasteiger charge is -2.24. The van der Waals surface area contributed by atoms with Crippen molar-refractivity contribution in [2.45, 2.75) is 37.9 Å². The van der Waals surface area contributed by atoms with Crippen LogP contribution in [0.1, 0.15) is 38.1 Å². The molecule has 0 saturated heterocycles. The lowest BCUT2D eigenvalue weighted by molar-refractivity contribution is -0.274. The van der Waals surface area contributed by atoms with Crippen LogP contribution < -0.4 is 9.46 Å². The maximum atomic E-state index is 14.2. The Morgan fingerprint density at radius 2 is 1.73 bits per heavy atom. The minimum atomic E-state index is -4.81. The SMILES string of the molecule is CC(C)(C)[S@](=O)N[C@@H](c1ccc(OC(F)(F)F)cc1)c1ncccc1F. The number of benzene rings is 1. The number of rotatable bonds is 5. The van der Waals surface area contributed by atoms with Gasteiger partial charge in [-0.15, -0.1) is 13.2 Å². The molecule has 0 radical (unpaired) electrons. The third-order valence-electron chi connectivity index (χ3n) is 3.29. The number of ether oxygens (including phenoxy) is 1. The van der Waals surface area contributed by atoms with E-state index in [2.05, 4.69) is 14.4 Å². The summed E-state index contributed by atoms with van der Waals surface area (Å²) in [5.74, 6) is -1.02. The number of aromatic nitrogens is 1. The van der Waals surface area contributed by atoms with E-state index in [9.17, 15) is 21.8 Å². The maximum Gasteiger partial charge on any atom is 0.573 e. The normalized spacial score (nSPS) is 14.7. The molecule has 26 heavy (non-hydrogen) atoms. The quantitative estimate of drug-likeness (QED) is 0.776. The first-order valence-corrected chi connectivity index (χ1v) is 8.76. The van der Waals surface area contributed by atoms with E-state index in [1.54, 1.807) is 20.8 Å². The van der Waals surface area contributed by atoms with Crippen LogP contribution in [-0.4, -0.2) is 20.3 Å². The van der Waals surface area contributed by atoms with Gasteiger partial charge in [0.05, 0.1) is 27.5 Å². The molecular formula is C17H18F4N2O2S. The molecular weight excluding hydrogens is 372 g/mol. The van der Waals surface area contributed by atoms with Crippen LogP contribution in [0.25, 0.3) is 0 Å². The van der Waals surface area contributed by atoms with Crippen molar-refractivity contribution in [1.29, 1.82) is 0 Å². The fraction of sp³-hybridized carbons (Fsp3) is 0.353. The van der Waals surface area contributed by atoms with Crippen LogP contribution in [-0.2, 0) is 11.0 Å². The Bertz CT molecular complexity index is 774. The first-order chi connectivity index (χ1) is 12.0. The van der Waals surface area contributed by atoms with Gasteiger partial charge >= 0.3 is 6.36 Å². The zero-order valence-corrected chi connectivity index (χ0v) is 15.1. The summed E-state index contributed by atoms with van der Waals surface area (Å²) in [6.45, 7) is 5.21. The zero-order chi connectivity index (χ0) is 19.5. The minimum Gasteiger partial charge on any atom is -0.406 e. The Kier molecular flexibility index (Phi) is 6.02. The molecule has 2 aromatic rings. The van der Waals surface area contributed by atoms with E-state index in [1.165, 1.54) is 30.5 Å². The van der Waals surface area contributed by atoms with Crippen molar-refractivity contribution in [2.24, 2.45) is 0 Å². The van der Waals surface area contributed by atoms with Gasteiger partial charge in [-0.2, -0.15) is 0 Å². The van der Waals surface area contributed by atoms with Crippen LogP contribution in [0, 0.1) is 5.82 Å². The van der Waals surface area contributed by atoms with Crippen LogP contribution in [0.3, 0.4) is 0 Å². The van der Waals surface area contributed by atoms with Crippen molar-refractivity contribution in [3.05, 3.63) is 59.7 Å². The van der Waals surface area contributed by atoms with Crippen molar-refractivity contribution in [3.8, 4) is 5.75 Å². The molecule has 0 saturated carbocycles. The zero-order valence-electron chi connectivity index (χ0n) is 14.3. The molecule has 2 atom stereocenters. The standard InChI is InChI=1S/C17H18F4N2O2S/c1-16(2,3)26(24)23-14(15-13(18)5-4-10-22-15)11-6-8-12(9-7-11)25-17(19,20)21/h4-10,14,23H,1-3H3/t14-,26-/m0/s1. The molecule has 0 aliphatic heterocycles. The average molecular weight is 390 g/mol. The van der Waals surface area contributed by atoms with Crippen LogP contribution in [0.15, 0.2) is 42.6 Å². The fourth-order valence-electron chi connectivity index (χ4n) is 2.04. The molecule has 0 fully saturated rings. The molecule has 0 bridgehead atoms. The van der Waals surface area contributed by atoms with Gasteiger partial charge in [-0.05, 0) is 50.6 Å². The maximum absolute atomic E-state index is 14.2. The van der Waals surface area contributed by atoms with Gasteiger partial charge in [-0.25, -0.2) is 13.3 Å². The molecule has 142 valence electrons. The number of nitrogens with zero attached hydrogens (tertiary/aromatic N) is 1. The Labute approximate surface area is 151 Å². The fourth-order valence-corrected chi connectivity index (χ4v) is 2.85. The Morgan fingerprint density at radius 3 is 2.23 bits per heavy atom. The highest BCUT2D eigenvalue weighted by molar-refractivity contribution is 7.84. The third kappa shape index (κ3) is 5.50. The molecule has 0 amide bonds. The van der Waals surface area contributed by atoms with Crippen molar-refractivity contribution < 1.29 is 26.5 Å². The predicted molar refractivity (Wildman–Crippen MR) is 90.2 cm³/mol. The number of nitrogens with one attached hydrogen (secondary N) is 1. The number of halogens is 4. The first-order valence-electron chi connectivity index (χ1n) is 7.61. The van der Waals surface area contributed by atoms with E-state index in [0.29, 0.717) is 5.56 Å². The number of pyridine rings is 1. The number of alkyl halides is 3. The predicted octanol–water partition coefficient (Wildman–Crippen LogP) is 4.26. The number of hydrogen-bond acceptors (Lipinski definition) is 3. The Hall–Kier alpha value is -2.00. The van der Waals surface area contributed by atoms with Crippen LogP contribution in [0.4, 0.5) is 17.6 Å². The van der Waals surface area contributed by atoms with Gasteiger partial charge < -0.3 is 4.74 Å². The largest absolute Gasteiger partial charge is 0.573 e. The smallest absolute Gasteiger partial charge is 0.406 e. The molecule has 0 aliphatic rings. The van der Waals surface area contributed by atoms with Crippen molar-refractivity contribution >= 4 is 11.0 Å². The summed E-state index contributed by atoms with van der Waals surface area (Å²) in [6.07, 6.45) is -3.42. The topological polar surface area (TPSA) is 51.2 Å². The summed E-state index contributed by atoms with van der Waals surface area (Å²) in [5.41, 5.74) is 0.393. The Morgan fingerprint density at radius 1 is 1.12 bits per heavy atom. The molecule has 1 aromatic carbocycles. The van der Waals surface area contributed by atoms with Crippen molar-refractivity contribution in [1.82, 2.24) is 9.71 Å². The highest BCUT2D eigenvalue weighted by atomic mass is 32.2. The second kappa shape index (κ2) is 7.71. The van der Waals surface area contributed by atoms with E-state index in [1.807, 2.05) is 0 Å². The van der Waals surface area contributed by atoms with Crippen molar-refractivity contribution in [3.63, 3.8) is 0 Å². The van der Waals surface area contributed by atoms with Gasteiger partial charge in [-0.1, -0.05) is 12.1 Å². The van der Waals surface area contributed by atoms with E-state index in [4.69, 9.17) is 0 Å². The summed E-state index contributed by atoms with van der Waals surface area (Å²) < 4.78 is 69.5.